The molecule has 0 fully saturated rings. The lowest BCUT2D eigenvalue weighted by molar-refractivity contribution is -0.154. The SMILES string of the molecule is C[C@](O)(C(=O)NCCC(F)(F)F)C(=O)NC1C(=O)N(CCO)c2ccccc2-c2ccccc21. The Morgan fingerprint density at radius 1 is 1.03 bits per heavy atom. The van der Waals surface area contributed by atoms with E-state index in [9.17, 15) is 37.8 Å². The zero-order valence-electron chi connectivity index (χ0n) is 18.2. The topological polar surface area (TPSA) is 119 Å². The molecule has 34 heavy (non-hydrogen) atoms. The second-order valence-corrected chi connectivity index (χ2v) is 7.92. The number of hydrogen-bond donors (Lipinski definition) is 4. The van der Waals surface area contributed by atoms with Crippen LogP contribution in [0.15, 0.2) is 48.5 Å². The van der Waals surface area contributed by atoms with E-state index in [0.29, 0.717) is 22.4 Å². The Morgan fingerprint density at radius 3 is 2.29 bits per heavy atom. The van der Waals surface area contributed by atoms with Crippen molar-refractivity contribution in [3.05, 3.63) is 54.1 Å². The van der Waals surface area contributed by atoms with Crippen LogP contribution in [0.1, 0.15) is 24.9 Å². The van der Waals surface area contributed by atoms with Crippen LogP contribution in [0.2, 0.25) is 0 Å². The van der Waals surface area contributed by atoms with E-state index in [0.717, 1.165) is 6.92 Å². The normalized spacial score (nSPS) is 17.2. The van der Waals surface area contributed by atoms with Gasteiger partial charge < -0.3 is 25.7 Å². The van der Waals surface area contributed by atoms with E-state index in [-0.39, 0.29) is 13.2 Å². The molecule has 1 aliphatic heterocycles. The number of para-hydroxylation sites is 1. The number of β-amino-alcohol motifs (C(OH)–C–C–N with tert-alkyl or cyclic N) is 1. The fraction of sp³-hybridized carbons (Fsp3) is 0.348. The van der Waals surface area contributed by atoms with Crippen LogP contribution in [-0.4, -0.2) is 59.4 Å². The van der Waals surface area contributed by atoms with Gasteiger partial charge >= 0.3 is 6.18 Å². The van der Waals surface area contributed by atoms with E-state index in [4.69, 9.17) is 0 Å². The number of nitrogens with one attached hydrogen (secondary N) is 2. The molecule has 1 aliphatic rings. The molecule has 0 bridgehead atoms. The van der Waals surface area contributed by atoms with Gasteiger partial charge in [-0.1, -0.05) is 42.5 Å². The smallest absolute Gasteiger partial charge is 0.390 e. The summed E-state index contributed by atoms with van der Waals surface area (Å²) >= 11 is 0. The second-order valence-electron chi connectivity index (χ2n) is 7.92. The Labute approximate surface area is 193 Å². The van der Waals surface area contributed by atoms with Gasteiger partial charge in [-0.2, -0.15) is 13.2 Å². The average molecular weight is 479 g/mol. The van der Waals surface area contributed by atoms with E-state index in [1.54, 1.807) is 48.5 Å². The van der Waals surface area contributed by atoms with Gasteiger partial charge in [0.25, 0.3) is 17.7 Å². The highest BCUT2D eigenvalue weighted by atomic mass is 19.4. The summed E-state index contributed by atoms with van der Waals surface area (Å²) in [5.74, 6) is -3.22. The minimum absolute atomic E-state index is 0.0788. The van der Waals surface area contributed by atoms with Crippen LogP contribution in [0.3, 0.4) is 0 Å². The molecule has 3 rings (SSSR count). The number of fused-ring (bicyclic) bond motifs is 3. The zero-order chi connectivity index (χ0) is 25.1. The molecule has 4 N–H and O–H groups in total. The number of carbonyl (C=O) groups excluding carboxylic acids is 3. The van der Waals surface area contributed by atoms with Gasteiger partial charge in [-0.05, 0) is 24.1 Å². The van der Waals surface area contributed by atoms with E-state index >= 15 is 0 Å². The highest BCUT2D eigenvalue weighted by Gasteiger charge is 2.43. The number of hydrogen-bond acceptors (Lipinski definition) is 5. The van der Waals surface area contributed by atoms with Gasteiger partial charge in [0.05, 0.1) is 18.7 Å². The number of benzene rings is 2. The van der Waals surface area contributed by atoms with Crippen molar-refractivity contribution in [1.82, 2.24) is 10.6 Å². The molecule has 1 unspecified atom stereocenters. The first kappa shape index (κ1) is 25.2. The molecule has 11 heteroatoms. The number of halogens is 3. The van der Waals surface area contributed by atoms with Gasteiger partial charge in [-0.25, -0.2) is 0 Å². The standard InChI is InChI=1S/C23H24F3N3O5/c1-22(34,20(32)27-11-10-23(24,25)26)21(33)28-18-16-8-3-2-6-14(16)15-7-4-5-9-17(15)29(12-13-30)19(18)31/h2-9,18,30,34H,10-13H2,1H3,(H,27,32)(H,28,33)/t18?,22-/m0/s1. The molecule has 0 aromatic heterocycles. The summed E-state index contributed by atoms with van der Waals surface area (Å²) in [5.41, 5.74) is -0.564. The van der Waals surface area contributed by atoms with Gasteiger partial charge in [0.15, 0.2) is 0 Å². The second kappa shape index (κ2) is 9.82. The average Bonchev–Trinajstić information content (AvgIpc) is 2.88. The fourth-order valence-electron chi connectivity index (χ4n) is 3.67. The predicted octanol–water partition coefficient (Wildman–Crippen LogP) is 1.67. The number of amides is 3. The number of rotatable bonds is 7. The first-order valence-electron chi connectivity index (χ1n) is 10.5. The van der Waals surface area contributed by atoms with E-state index in [1.165, 1.54) is 4.90 Å². The molecular formula is C23H24F3N3O5. The van der Waals surface area contributed by atoms with Crippen LogP contribution in [-0.2, 0) is 14.4 Å². The van der Waals surface area contributed by atoms with Crippen LogP contribution < -0.4 is 15.5 Å². The van der Waals surface area contributed by atoms with Crippen molar-refractivity contribution in [2.24, 2.45) is 0 Å². The van der Waals surface area contributed by atoms with Crippen molar-refractivity contribution >= 4 is 23.4 Å². The molecule has 2 aromatic carbocycles. The monoisotopic (exact) mass is 479 g/mol. The third kappa shape index (κ3) is 5.20. The Hall–Kier alpha value is -3.44. The maximum atomic E-state index is 13.5. The molecule has 0 saturated heterocycles. The van der Waals surface area contributed by atoms with Crippen LogP contribution in [0.25, 0.3) is 11.1 Å². The van der Waals surface area contributed by atoms with E-state index in [2.05, 4.69) is 5.32 Å². The number of nitrogens with zero attached hydrogens (tertiary/aromatic N) is 1. The Kier molecular flexibility index (Phi) is 7.27. The fourth-order valence-corrected chi connectivity index (χ4v) is 3.67. The van der Waals surface area contributed by atoms with Gasteiger partial charge in [0.2, 0.25) is 5.60 Å². The maximum absolute atomic E-state index is 13.5. The summed E-state index contributed by atoms with van der Waals surface area (Å²) in [4.78, 5) is 39.9. The van der Waals surface area contributed by atoms with Gasteiger partial charge in [0, 0.05) is 18.7 Å². The number of aliphatic hydroxyl groups is 2. The summed E-state index contributed by atoms with van der Waals surface area (Å²) in [6.45, 7) is -0.434. The number of carbonyl (C=O) groups is 3. The molecule has 8 nitrogen and oxygen atoms in total. The lowest BCUT2D eigenvalue weighted by Gasteiger charge is -2.28. The van der Waals surface area contributed by atoms with E-state index < -0.39 is 48.5 Å². The van der Waals surface area contributed by atoms with Crippen molar-refractivity contribution in [2.75, 3.05) is 24.6 Å². The minimum atomic E-state index is -4.52. The van der Waals surface area contributed by atoms with Crippen molar-refractivity contribution in [1.29, 1.82) is 0 Å². The highest BCUT2D eigenvalue weighted by Crippen LogP contribution is 2.40. The van der Waals surface area contributed by atoms with Gasteiger partial charge in [-0.3, -0.25) is 14.4 Å². The van der Waals surface area contributed by atoms with Crippen molar-refractivity contribution < 1.29 is 37.8 Å². The molecule has 0 aliphatic carbocycles. The lowest BCUT2D eigenvalue weighted by atomic mass is 9.94. The van der Waals surface area contributed by atoms with Crippen molar-refractivity contribution in [2.45, 2.75) is 31.2 Å². The molecule has 0 saturated carbocycles. The molecule has 182 valence electrons. The van der Waals surface area contributed by atoms with Crippen LogP contribution >= 0.6 is 0 Å². The third-order valence-corrected chi connectivity index (χ3v) is 5.45. The predicted molar refractivity (Wildman–Crippen MR) is 117 cm³/mol. The van der Waals surface area contributed by atoms with Crippen molar-refractivity contribution in [3.8, 4) is 11.1 Å². The number of aliphatic hydroxyl groups excluding tert-OH is 1. The summed E-state index contributed by atoms with van der Waals surface area (Å²) in [6.07, 6.45) is -5.86. The quantitative estimate of drug-likeness (QED) is 0.451. The number of anilines is 1. The largest absolute Gasteiger partial charge is 0.395 e. The molecule has 1 heterocycles. The summed E-state index contributed by atoms with van der Waals surface area (Å²) in [6, 6.07) is 12.4. The first-order chi connectivity index (χ1) is 16.0. The van der Waals surface area contributed by atoms with Crippen LogP contribution in [0.5, 0.6) is 0 Å². The molecule has 2 aromatic rings. The molecule has 0 spiro atoms. The molecule has 2 atom stereocenters. The van der Waals surface area contributed by atoms with Crippen LogP contribution in [0.4, 0.5) is 18.9 Å². The minimum Gasteiger partial charge on any atom is -0.395 e. The number of alkyl halides is 3. The highest BCUT2D eigenvalue weighted by molar-refractivity contribution is 6.11. The first-order valence-corrected chi connectivity index (χ1v) is 10.5. The van der Waals surface area contributed by atoms with Gasteiger partial charge in [-0.15, -0.1) is 0 Å². The molecule has 0 radical (unpaired) electrons. The molecule has 3 amide bonds. The van der Waals surface area contributed by atoms with Crippen LogP contribution in [0, 0.1) is 0 Å². The summed E-state index contributed by atoms with van der Waals surface area (Å²) in [7, 11) is 0. The lowest BCUT2D eigenvalue weighted by Crippen LogP contribution is -2.57. The maximum Gasteiger partial charge on any atom is 0.390 e. The Bertz CT molecular complexity index is 1090. The third-order valence-electron chi connectivity index (χ3n) is 5.45. The molecular weight excluding hydrogens is 455 g/mol. The van der Waals surface area contributed by atoms with E-state index in [1.807, 2.05) is 5.32 Å². The summed E-state index contributed by atoms with van der Waals surface area (Å²) in [5, 5.41) is 24.3. The van der Waals surface area contributed by atoms with Crippen molar-refractivity contribution in [3.63, 3.8) is 0 Å². The van der Waals surface area contributed by atoms with Gasteiger partial charge in [0.1, 0.15) is 6.04 Å². The Morgan fingerprint density at radius 2 is 1.65 bits per heavy atom. The Balaban J connectivity index is 1.92. The zero-order valence-corrected chi connectivity index (χ0v) is 18.2. The summed E-state index contributed by atoms with van der Waals surface area (Å²) < 4.78 is 37.1.